The highest BCUT2D eigenvalue weighted by Crippen LogP contribution is 2.36. The number of alkyl halides is 5. The fourth-order valence-corrected chi connectivity index (χ4v) is 3.05. The summed E-state index contributed by atoms with van der Waals surface area (Å²) in [5.41, 5.74) is -2.04. The second kappa shape index (κ2) is 8.19. The highest BCUT2D eigenvalue weighted by atomic mass is 19.4. The van der Waals surface area contributed by atoms with Gasteiger partial charge in [-0.3, -0.25) is 9.48 Å². The number of carbonyl (C=O) groups is 1. The first kappa shape index (κ1) is 22.2. The van der Waals surface area contributed by atoms with Crippen LogP contribution in [0.25, 0.3) is 11.5 Å². The number of anilines is 1. The molecule has 0 aliphatic rings. The second-order valence-corrected chi connectivity index (χ2v) is 7.19. The Kier molecular flexibility index (Phi) is 5.52. The van der Waals surface area contributed by atoms with E-state index in [1.807, 2.05) is 0 Å². The van der Waals surface area contributed by atoms with Crippen LogP contribution in [0.3, 0.4) is 0 Å². The van der Waals surface area contributed by atoms with E-state index >= 15 is 0 Å². The molecule has 1 aromatic carbocycles. The number of aromatic nitrogens is 3. The van der Waals surface area contributed by atoms with Crippen molar-refractivity contribution in [1.29, 1.82) is 0 Å². The predicted octanol–water partition coefficient (Wildman–Crippen LogP) is 5.56. The first-order valence-corrected chi connectivity index (χ1v) is 9.43. The van der Waals surface area contributed by atoms with Crippen LogP contribution in [0.1, 0.15) is 34.1 Å². The van der Waals surface area contributed by atoms with Crippen molar-refractivity contribution in [3.63, 3.8) is 0 Å². The van der Waals surface area contributed by atoms with Gasteiger partial charge in [0.2, 0.25) is 5.76 Å². The molecule has 0 atom stereocenters. The molecule has 4 aromatic rings. The first-order valence-electron chi connectivity index (χ1n) is 9.43. The minimum Gasteiger partial charge on any atom is -0.461 e. The number of halogens is 5. The third kappa shape index (κ3) is 4.94. The molecule has 0 spiro atoms. The summed E-state index contributed by atoms with van der Waals surface area (Å²) in [5.74, 6) is -3.44. The summed E-state index contributed by atoms with van der Waals surface area (Å²) >= 11 is 0. The highest BCUT2D eigenvalue weighted by molar-refractivity contribution is 6.03. The fourth-order valence-electron chi connectivity index (χ4n) is 3.05. The van der Waals surface area contributed by atoms with Gasteiger partial charge in [-0.2, -0.15) is 18.3 Å². The van der Waals surface area contributed by atoms with Crippen LogP contribution in [0, 0.1) is 0 Å². The van der Waals surface area contributed by atoms with Gasteiger partial charge in [0.1, 0.15) is 0 Å². The van der Waals surface area contributed by atoms with Crippen LogP contribution in [0.5, 0.6) is 0 Å². The van der Waals surface area contributed by atoms with Crippen molar-refractivity contribution in [2.24, 2.45) is 0 Å². The predicted molar refractivity (Wildman–Crippen MR) is 104 cm³/mol. The fraction of sp³-hybridized carbons (Fsp3) is 0.190. The van der Waals surface area contributed by atoms with Crippen molar-refractivity contribution in [2.75, 3.05) is 5.32 Å². The SMILES string of the molecule is CC(F)(F)c1ccc(Cn2cc(NC(=O)c3cc(-c4ccco4)on3)cn2)c(C(F)(F)F)c1. The van der Waals surface area contributed by atoms with Gasteiger partial charge < -0.3 is 14.3 Å². The van der Waals surface area contributed by atoms with Crippen LogP contribution in [0.4, 0.5) is 27.6 Å². The Balaban J connectivity index is 1.49. The largest absolute Gasteiger partial charge is 0.461 e. The number of rotatable bonds is 6. The number of benzene rings is 1. The smallest absolute Gasteiger partial charge is 0.416 e. The van der Waals surface area contributed by atoms with Crippen LogP contribution in [-0.2, 0) is 18.6 Å². The summed E-state index contributed by atoms with van der Waals surface area (Å²) in [6.07, 6.45) is -0.877. The lowest BCUT2D eigenvalue weighted by Crippen LogP contribution is -2.15. The van der Waals surface area contributed by atoms with E-state index in [-0.39, 0.29) is 29.2 Å². The number of nitrogens with zero attached hydrogens (tertiary/aromatic N) is 3. The minimum absolute atomic E-state index is 0.0513. The van der Waals surface area contributed by atoms with Crippen molar-refractivity contribution in [3.8, 4) is 11.5 Å². The Morgan fingerprint density at radius 3 is 2.58 bits per heavy atom. The van der Waals surface area contributed by atoms with Crippen molar-refractivity contribution >= 4 is 11.6 Å². The van der Waals surface area contributed by atoms with Crippen molar-refractivity contribution in [3.05, 3.63) is 77.4 Å². The maximum Gasteiger partial charge on any atom is 0.416 e. The van der Waals surface area contributed by atoms with Crippen LogP contribution in [0.2, 0.25) is 0 Å². The molecular weight excluding hydrogens is 451 g/mol. The van der Waals surface area contributed by atoms with E-state index in [2.05, 4.69) is 15.6 Å². The molecule has 172 valence electrons. The quantitative estimate of drug-likeness (QED) is 0.376. The summed E-state index contributed by atoms with van der Waals surface area (Å²) in [5, 5.41) is 10.1. The molecule has 0 unspecified atom stereocenters. The van der Waals surface area contributed by atoms with Gasteiger partial charge in [-0.25, -0.2) is 8.78 Å². The van der Waals surface area contributed by atoms with E-state index in [1.165, 1.54) is 24.7 Å². The molecule has 0 radical (unpaired) electrons. The zero-order chi connectivity index (χ0) is 23.8. The molecule has 0 fully saturated rings. The lowest BCUT2D eigenvalue weighted by Gasteiger charge is -2.17. The molecule has 0 aliphatic heterocycles. The molecule has 12 heteroatoms. The van der Waals surface area contributed by atoms with Crippen LogP contribution in [-0.4, -0.2) is 20.8 Å². The summed E-state index contributed by atoms with van der Waals surface area (Å²) in [7, 11) is 0. The molecule has 4 rings (SSSR count). The summed E-state index contributed by atoms with van der Waals surface area (Å²) in [6, 6.07) is 6.98. The Bertz CT molecular complexity index is 1270. The number of carbonyl (C=O) groups excluding carboxylic acids is 1. The van der Waals surface area contributed by atoms with E-state index in [1.54, 1.807) is 12.1 Å². The van der Waals surface area contributed by atoms with E-state index < -0.39 is 29.1 Å². The molecule has 3 heterocycles. The van der Waals surface area contributed by atoms with Gasteiger partial charge in [-0.1, -0.05) is 17.3 Å². The zero-order valence-corrected chi connectivity index (χ0v) is 16.9. The third-order valence-corrected chi connectivity index (χ3v) is 4.65. The average Bonchev–Trinajstić information content (AvgIpc) is 3.48. The monoisotopic (exact) mass is 466 g/mol. The van der Waals surface area contributed by atoms with Gasteiger partial charge in [0.15, 0.2) is 11.5 Å². The molecule has 0 saturated carbocycles. The first-order chi connectivity index (χ1) is 15.5. The molecule has 0 aliphatic carbocycles. The molecule has 0 bridgehead atoms. The zero-order valence-electron chi connectivity index (χ0n) is 16.9. The number of hydrogen-bond acceptors (Lipinski definition) is 5. The van der Waals surface area contributed by atoms with Gasteiger partial charge in [0.25, 0.3) is 11.8 Å². The number of amides is 1. The number of furan rings is 1. The normalized spacial score (nSPS) is 12.2. The minimum atomic E-state index is -4.83. The van der Waals surface area contributed by atoms with Gasteiger partial charge >= 0.3 is 6.18 Å². The maximum absolute atomic E-state index is 13.5. The van der Waals surface area contributed by atoms with E-state index in [9.17, 15) is 26.7 Å². The maximum atomic E-state index is 13.5. The van der Waals surface area contributed by atoms with Crippen molar-refractivity contribution in [2.45, 2.75) is 25.6 Å². The van der Waals surface area contributed by atoms with Crippen molar-refractivity contribution in [1.82, 2.24) is 14.9 Å². The molecule has 33 heavy (non-hydrogen) atoms. The molecule has 1 amide bonds. The van der Waals surface area contributed by atoms with Crippen LogP contribution >= 0.6 is 0 Å². The van der Waals surface area contributed by atoms with E-state index in [0.29, 0.717) is 18.8 Å². The summed E-state index contributed by atoms with van der Waals surface area (Å²) in [6.45, 7) is 0.171. The molecule has 0 saturated heterocycles. The van der Waals surface area contributed by atoms with E-state index in [4.69, 9.17) is 8.94 Å². The number of hydrogen-bond donors (Lipinski definition) is 1. The van der Waals surface area contributed by atoms with Gasteiger partial charge in [0, 0.05) is 24.8 Å². The molecule has 1 N–H and O–H groups in total. The second-order valence-electron chi connectivity index (χ2n) is 7.19. The number of nitrogens with one attached hydrogen (secondary N) is 1. The summed E-state index contributed by atoms with van der Waals surface area (Å²) in [4.78, 5) is 12.4. The topological polar surface area (TPSA) is 86.1 Å². The van der Waals surface area contributed by atoms with E-state index in [0.717, 1.165) is 16.8 Å². The molecular formula is C21H15F5N4O3. The standard InChI is InChI=1S/C21H15F5N4O3/c1-20(22,23)13-5-4-12(15(7-13)21(24,25)26)10-30-11-14(9-27-30)28-19(31)16-8-18(33-29-16)17-3-2-6-32-17/h2-9,11H,10H2,1H3,(H,28,31). The van der Waals surface area contributed by atoms with Gasteiger partial charge in [-0.05, 0) is 23.8 Å². The summed E-state index contributed by atoms with van der Waals surface area (Å²) < 4.78 is 78.6. The van der Waals surface area contributed by atoms with Gasteiger partial charge in [0.05, 0.1) is 30.3 Å². The Hall–Kier alpha value is -3.96. The lowest BCUT2D eigenvalue weighted by atomic mass is 10.0. The average molecular weight is 466 g/mol. The van der Waals surface area contributed by atoms with Crippen LogP contribution < -0.4 is 5.32 Å². The Morgan fingerprint density at radius 2 is 1.91 bits per heavy atom. The Labute approximate surface area is 182 Å². The molecule has 3 aromatic heterocycles. The molecule has 7 nitrogen and oxygen atoms in total. The van der Waals surface area contributed by atoms with Crippen molar-refractivity contribution < 1.29 is 35.7 Å². The van der Waals surface area contributed by atoms with Crippen LogP contribution in [0.15, 0.2) is 64.0 Å². The third-order valence-electron chi connectivity index (χ3n) is 4.65. The lowest BCUT2D eigenvalue weighted by molar-refractivity contribution is -0.138. The Morgan fingerprint density at radius 1 is 1.12 bits per heavy atom. The highest BCUT2D eigenvalue weighted by Gasteiger charge is 2.36. The van der Waals surface area contributed by atoms with Gasteiger partial charge in [-0.15, -0.1) is 0 Å².